The summed E-state index contributed by atoms with van der Waals surface area (Å²) in [6, 6.07) is 9.85. The molecular weight excluding hydrogens is 366 g/mol. The molecule has 140 valence electrons. The van der Waals surface area contributed by atoms with Gasteiger partial charge >= 0.3 is 0 Å². The average molecular weight is 385 g/mol. The number of carbonyl (C=O) groups excluding carboxylic acids is 2. The fourth-order valence-electron chi connectivity index (χ4n) is 2.94. The highest BCUT2D eigenvalue weighted by Crippen LogP contribution is 2.26. The summed E-state index contributed by atoms with van der Waals surface area (Å²) in [5.74, 6) is 1.38. The molecule has 27 heavy (non-hydrogen) atoms. The summed E-state index contributed by atoms with van der Waals surface area (Å²) in [7, 11) is -3.00. The molecule has 1 aromatic carbocycles. The van der Waals surface area contributed by atoms with E-state index < -0.39 is 27.8 Å². The Morgan fingerprint density at radius 2 is 2.07 bits per heavy atom. The summed E-state index contributed by atoms with van der Waals surface area (Å²) in [6.45, 7) is 0.263. The topological polar surface area (TPSA) is 92.0 Å². The highest BCUT2D eigenvalue weighted by atomic mass is 32.2. The lowest BCUT2D eigenvalue weighted by Crippen LogP contribution is -2.48. The van der Waals surface area contributed by atoms with Crippen molar-refractivity contribution in [2.75, 3.05) is 12.8 Å². The van der Waals surface area contributed by atoms with E-state index in [0.29, 0.717) is 0 Å². The van der Waals surface area contributed by atoms with Crippen molar-refractivity contribution < 1.29 is 18.2 Å². The van der Waals surface area contributed by atoms with Gasteiger partial charge in [0.05, 0.1) is 12.8 Å². The maximum Gasteiger partial charge on any atom is 0.290 e. The van der Waals surface area contributed by atoms with Crippen LogP contribution in [0.15, 0.2) is 51.4 Å². The summed E-state index contributed by atoms with van der Waals surface area (Å²) < 4.78 is 24.0. The molecule has 2 atom stereocenters. The minimum absolute atomic E-state index is 0.0225. The first-order valence-corrected chi connectivity index (χ1v) is 10.2. The number of benzene rings is 1. The van der Waals surface area contributed by atoms with E-state index in [1.165, 1.54) is 17.4 Å². The fourth-order valence-corrected chi connectivity index (χ4v) is 3.82. The van der Waals surface area contributed by atoms with Gasteiger partial charge in [0, 0.05) is 19.2 Å². The SMILES string of the molecule is C#CCNS(C)(=O)=NC(=O)C1Cc2ccccc2CN1C(=O)c1ccco1. The number of terminal acetylenes is 1. The molecule has 1 aliphatic heterocycles. The zero-order valence-corrected chi connectivity index (χ0v) is 15.6. The lowest BCUT2D eigenvalue weighted by molar-refractivity contribution is -0.122. The number of hydrogen-bond acceptors (Lipinski definition) is 4. The largest absolute Gasteiger partial charge is 0.459 e. The number of fused-ring (bicyclic) bond motifs is 1. The summed E-state index contributed by atoms with van der Waals surface area (Å²) >= 11 is 0. The summed E-state index contributed by atoms with van der Waals surface area (Å²) in [5, 5.41) is 0. The molecule has 8 heteroatoms. The number of nitrogens with zero attached hydrogens (tertiary/aromatic N) is 2. The lowest BCUT2D eigenvalue weighted by Gasteiger charge is -2.34. The predicted octanol–water partition coefficient (Wildman–Crippen LogP) is 1.61. The Kier molecular flexibility index (Phi) is 5.44. The fraction of sp³-hybridized carbons (Fsp3) is 0.263. The molecule has 7 nitrogen and oxygen atoms in total. The molecule has 0 saturated heterocycles. The van der Waals surface area contributed by atoms with E-state index in [-0.39, 0.29) is 25.3 Å². The van der Waals surface area contributed by atoms with E-state index in [1.54, 1.807) is 12.1 Å². The van der Waals surface area contributed by atoms with Crippen molar-refractivity contribution in [3.05, 3.63) is 59.5 Å². The van der Waals surface area contributed by atoms with Gasteiger partial charge in [0.2, 0.25) is 0 Å². The molecular formula is C19H19N3O4S. The standard InChI is InChI=1S/C19H19N3O4S/c1-3-10-20-27(2,25)21-18(23)16-12-14-7-4-5-8-15(14)13-22(16)19(24)17-9-6-11-26-17/h1,4-9,11,16H,10,12-13H2,2H3,(H,20,21,23,25). The molecule has 0 saturated carbocycles. The number of amides is 2. The Morgan fingerprint density at radius 3 is 2.74 bits per heavy atom. The molecule has 0 fully saturated rings. The van der Waals surface area contributed by atoms with Crippen molar-refractivity contribution in [3.8, 4) is 12.3 Å². The Bertz CT molecular complexity index is 1010. The van der Waals surface area contributed by atoms with E-state index in [0.717, 1.165) is 11.1 Å². The van der Waals surface area contributed by atoms with Gasteiger partial charge in [-0.3, -0.25) is 9.59 Å². The molecule has 2 aromatic rings. The minimum Gasteiger partial charge on any atom is -0.459 e. The monoisotopic (exact) mass is 385 g/mol. The highest BCUT2D eigenvalue weighted by Gasteiger charge is 2.36. The first-order valence-electron chi connectivity index (χ1n) is 8.26. The number of rotatable bonds is 4. The first-order chi connectivity index (χ1) is 12.9. The molecule has 0 spiro atoms. The van der Waals surface area contributed by atoms with Crippen LogP contribution >= 0.6 is 0 Å². The average Bonchev–Trinajstić information content (AvgIpc) is 3.19. The smallest absolute Gasteiger partial charge is 0.290 e. The molecule has 1 aromatic heterocycles. The molecule has 2 amide bonds. The van der Waals surface area contributed by atoms with Crippen LogP contribution in [0.4, 0.5) is 0 Å². The normalized spacial score (nSPS) is 18.1. The maximum absolute atomic E-state index is 12.8. The van der Waals surface area contributed by atoms with E-state index in [9.17, 15) is 13.8 Å². The van der Waals surface area contributed by atoms with Crippen LogP contribution in [0.25, 0.3) is 0 Å². The number of carbonyl (C=O) groups is 2. The van der Waals surface area contributed by atoms with Crippen LogP contribution in [0.3, 0.4) is 0 Å². The first kappa shape index (κ1) is 18.9. The summed E-state index contributed by atoms with van der Waals surface area (Å²) in [5.41, 5.74) is 1.90. The van der Waals surface area contributed by atoms with Crippen LogP contribution in [0.5, 0.6) is 0 Å². The van der Waals surface area contributed by atoms with E-state index in [4.69, 9.17) is 10.8 Å². The second-order valence-electron chi connectivity index (χ2n) is 6.16. The molecule has 1 N–H and O–H groups in total. The Hall–Kier alpha value is -2.89. The van der Waals surface area contributed by atoms with Gasteiger partial charge in [0.15, 0.2) is 5.76 Å². The van der Waals surface area contributed by atoms with Crippen LogP contribution in [0.2, 0.25) is 0 Å². The van der Waals surface area contributed by atoms with Crippen LogP contribution in [-0.4, -0.2) is 39.8 Å². The molecule has 0 bridgehead atoms. The number of furan rings is 1. The third-order valence-electron chi connectivity index (χ3n) is 4.23. The van der Waals surface area contributed by atoms with Gasteiger partial charge in [0.1, 0.15) is 16.0 Å². The molecule has 3 rings (SSSR count). The van der Waals surface area contributed by atoms with E-state index in [2.05, 4.69) is 15.0 Å². The second kappa shape index (κ2) is 7.78. The zero-order chi connectivity index (χ0) is 19.4. The van der Waals surface area contributed by atoms with Crippen molar-refractivity contribution in [1.82, 2.24) is 9.62 Å². The number of hydrogen-bond donors (Lipinski definition) is 1. The van der Waals surface area contributed by atoms with Crippen LogP contribution < -0.4 is 4.72 Å². The van der Waals surface area contributed by atoms with Gasteiger partial charge in [-0.25, -0.2) is 8.93 Å². The molecule has 2 unspecified atom stereocenters. The summed E-state index contributed by atoms with van der Waals surface area (Å²) in [4.78, 5) is 27.1. The van der Waals surface area contributed by atoms with Crippen LogP contribution in [-0.2, 0) is 27.7 Å². The van der Waals surface area contributed by atoms with Gasteiger partial charge < -0.3 is 9.32 Å². The third kappa shape index (κ3) is 4.27. The number of nitrogens with one attached hydrogen (secondary N) is 1. The Balaban J connectivity index is 1.95. The van der Waals surface area contributed by atoms with Crippen molar-refractivity contribution >= 4 is 21.7 Å². The molecule has 0 aliphatic carbocycles. The molecule has 2 heterocycles. The minimum atomic E-state index is -3.00. The molecule has 1 aliphatic rings. The second-order valence-corrected chi connectivity index (χ2v) is 8.23. The van der Waals surface area contributed by atoms with Crippen molar-refractivity contribution in [3.63, 3.8) is 0 Å². The van der Waals surface area contributed by atoms with Crippen LogP contribution in [0, 0.1) is 12.3 Å². The van der Waals surface area contributed by atoms with Gasteiger partial charge in [-0.05, 0) is 23.3 Å². The lowest BCUT2D eigenvalue weighted by atomic mass is 9.93. The predicted molar refractivity (Wildman–Crippen MR) is 101 cm³/mol. The van der Waals surface area contributed by atoms with Crippen LogP contribution in [0.1, 0.15) is 21.7 Å². The molecule has 0 radical (unpaired) electrons. The Labute approximate surface area is 158 Å². The summed E-state index contributed by atoms with van der Waals surface area (Å²) in [6.07, 6.45) is 8.14. The Morgan fingerprint density at radius 1 is 1.33 bits per heavy atom. The van der Waals surface area contributed by atoms with E-state index in [1.807, 2.05) is 24.3 Å². The quantitative estimate of drug-likeness (QED) is 0.810. The van der Waals surface area contributed by atoms with E-state index >= 15 is 0 Å². The van der Waals surface area contributed by atoms with Crippen molar-refractivity contribution in [1.29, 1.82) is 0 Å². The zero-order valence-electron chi connectivity index (χ0n) is 14.8. The highest BCUT2D eigenvalue weighted by molar-refractivity contribution is 7.91. The van der Waals surface area contributed by atoms with Crippen molar-refractivity contribution in [2.24, 2.45) is 4.36 Å². The van der Waals surface area contributed by atoms with Crippen molar-refractivity contribution in [2.45, 2.75) is 19.0 Å². The van der Waals surface area contributed by atoms with Gasteiger partial charge in [0.25, 0.3) is 11.8 Å². The maximum atomic E-state index is 12.8. The van der Waals surface area contributed by atoms with Gasteiger partial charge in [-0.1, -0.05) is 30.2 Å². The third-order valence-corrected chi connectivity index (χ3v) is 5.44. The van der Waals surface area contributed by atoms with Gasteiger partial charge in [-0.15, -0.1) is 10.8 Å². The van der Waals surface area contributed by atoms with Gasteiger partial charge in [-0.2, -0.15) is 0 Å².